The molecule has 5 atom stereocenters. The van der Waals surface area contributed by atoms with Gasteiger partial charge in [-0.25, -0.2) is 32.1 Å². The van der Waals surface area contributed by atoms with Gasteiger partial charge in [-0.2, -0.15) is 0 Å². The summed E-state index contributed by atoms with van der Waals surface area (Å²) in [6, 6.07) is 92.7. The normalized spacial score (nSPS) is 14.4. The molecule has 146 heavy (non-hydrogen) atoms. The van der Waals surface area contributed by atoms with E-state index in [0.29, 0.717) is 115 Å². The van der Waals surface area contributed by atoms with Gasteiger partial charge in [-0.1, -0.05) is 281 Å². The third-order valence-corrected chi connectivity index (χ3v) is 30.8. The van der Waals surface area contributed by atoms with Gasteiger partial charge in [0.15, 0.2) is 34.5 Å². The number of H-pyrrole nitrogens is 1. The van der Waals surface area contributed by atoms with E-state index < -0.39 is 69.3 Å². The van der Waals surface area contributed by atoms with Crippen molar-refractivity contribution in [3.05, 3.63) is 383 Å². The Bertz CT molecular complexity index is 7180. The highest BCUT2D eigenvalue weighted by Gasteiger charge is 2.49. The largest absolute Gasteiger partial charge is 0.507 e. The standard InChI is InChI=1S/C36H32N2O3.C32H31NO5.C30H42N2O8S.C19H14N2O3S2/c1-36(35(40)41,22-29-23-37-33-19-7-6-18-32(29)33)38-34(39)28(20-26-14-8-12-24-10-2-4-16-30(24)26)21-27-15-9-13-25-11-3-5-17-31(25)27;1-37-28-19-11-18-26(30(28)38-21-20-23-12-5-2-6-13-23)22-27(32(35)36)33-31(34)29(24-14-7-3-8-15-24)25-16-9-4-10-17-25;1-5-7-8-16-41(35,36)32(13-6-2)15-14-31-19-23(21-9-12-25-27(17-21)40-20-39-25)28(30(33)34)29(31)22-10-11-24(37-3)26(18-22)38-4;22-14-3-1-2-4-15(14)25-17-13-6-5-12(10-21-8-7-20-11-21)9-16(13)26-18(17)19(23)24/h2-19,23,28,37H,20-22H2,1H3,(H,38,39)(H,40,41);2-19,27,29H,20-22H2,1H3,(H,33,34)(H,35,36);9-12,17-18,23,28-29H,5-8,13-16,19-20H2,1-4H3,(H,33,34);1-9,11,22H,10H2,(H,23,24)/t36-;;23-,28-,29+;/m1.1./s1. The number of carbonyl (C=O) groups excluding carboxylic acids is 2. The first-order valence-electron chi connectivity index (χ1n) is 48.6. The number of ether oxygens (including phenoxy) is 6. The summed E-state index contributed by atoms with van der Waals surface area (Å²) in [6.45, 7) is 8.35. The van der Waals surface area contributed by atoms with E-state index in [4.69, 9.17) is 28.4 Å². The van der Waals surface area contributed by atoms with Gasteiger partial charge in [0.25, 0.3) is 0 Å². The van der Waals surface area contributed by atoms with Crippen molar-refractivity contribution in [3.63, 3.8) is 0 Å². The number of nitrogens with zero attached hydrogens (tertiary/aromatic N) is 4. The average Bonchev–Trinajstić information content (AvgIpc) is 1.61. The van der Waals surface area contributed by atoms with E-state index in [1.807, 2.05) is 237 Å². The zero-order valence-corrected chi connectivity index (χ0v) is 84.5. The Hall–Kier alpha value is -15.3. The van der Waals surface area contributed by atoms with Gasteiger partial charge in [0, 0.05) is 120 Å². The lowest BCUT2D eigenvalue weighted by atomic mass is 9.82. The highest BCUT2D eigenvalue weighted by atomic mass is 32.2. The fourth-order valence-corrected chi connectivity index (χ4v) is 22.9. The number of imidazole rings is 1. The summed E-state index contributed by atoms with van der Waals surface area (Å²) < 4.78 is 64.5. The Labute approximate surface area is 857 Å². The summed E-state index contributed by atoms with van der Waals surface area (Å²) >= 11 is 2.54. The monoisotopic (exact) mass is 2020 g/mol. The predicted molar refractivity (Wildman–Crippen MR) is 569 cm³/mol. The molecular formula is C117H119N7O19S3. The Morgan fingerprint density at radius 3 is 1.84 bits per heavy atom. The molecular weight excluding hydrogens is 1900 g/mol. The molecule has 0 saturated carbocycles. The van der Waals surface area contributed by atoms with Crippen LogP contribution >= 0.6 is 23.1 Å². The maximum absolute atomic E-state index is 14.2. The first-order valence-corrected chi connectivity index (χ1v) is 51.8. The molecule has 8 N–H and O–H groups in total. The van der Waals surface area contributed by atoms with Gasteiger partial charge in [0.2, 0.25) is 28.6 Å². The lowest BCUT2D eigenvalue weighted by Crippen LogP contribution is -2.55. The van der Waals surface area contributed by atoms with Crippen LogP contribution in [0.2, 0.25) is 0 Å². The van der Waals surface area contributed by atoms with Crippen LogP contribution in [0.25, 0.3) is 42.5 Å². The number of carbonyl (C=O) groups is 6. The summed E-state index contributed by atoms with van der Waals surface area (Å²) in [5.74, 6) is -3.47. The van der Waals surface area contributed by atoms with Crippen LogP contribution in [0, 0.1) is 11.8 Å². The van der Waals surface area contributed by atoms with Crippen molar-refractivity contribution in [3.8, 4) is 40.2 Å². The topological polar surface area (TPSA) is 357 Å². The third kappa shape index (κ3) is 26.1. The number of hydrogen-bond donors (Lipinski definition) is 8. The number of aromatic nitrogens is 3. The van der Waals surface area contributed by atoms with Crippen molar-refractivity contribution in [2.45, 2.75) is 124 Å². The van der Waals surface area contributed by atoms with Crippen molar-refractivity contribution >= 4 is 111 Å². The smallest absolute Gasteiger partial charge is 0.347 e. The number of nitrogens with one attached hydrogen (secondary N) is 3. The highest BCUT2D eigenvalue weighted by molar-refractivity contribution is 8.00. The summed E-state index contributed by atoms with van der Waals surface area (Å²) in [6.07, 6.45) is 12.2. The predicted octanol–water partition coefficient (Wildman–Crippen LogP) is 21.5. The quantitative estimate of drug-likeness (QED) is 0.0165. The lowest BCUT2D eigenvalue weighted by molar-refractivity contribution is -0.147. The summed E-state index contributed by atoms with van der Waals surface area (Å²) in [5.41, 5.74) is 8.46. The van der Waals surface area contributed by atoms with Gasteiger partial charge < -0.3 is 74.1 Å². The molecule has 2 amide bonds. The summed E-state index contributed by atoms with van der Waals surface area (Å²) in [7, 11) is 1.22. The molecule has 2 aliphatic rings. The minimum Gasteiger partial charge on any atom is -0.507 e. The summed E-state index contributed by atoms with van der Waals surface area (Å²) in [5, 5.41) is 62.7. The van der Waals surface area contributed by atoms with Crippen LogP contribution in [-0.4, -0.2) is 172 Å². The SMILES string of the molecule is CCCCCS(=O)(=O)N(CCC)CCN1C[C@H](c2ccc3c(c2)OCO3)[C@@H](C(=O)O)[C@@H]1c1ccc(OC)c(OC)c1.COc1cccc(CC(NC(=O)C(c2ccccc2)c2ccccc2)C(=O)O)c1OCCc1ccccc1.C[C@](Cc1c[nH]c2ccccc12)(NC(=O)C(Cc1cccc2ccccc12)Cc1cccc2ccccc12)C(=O)O.O=C(O)c1sc2cc(Cn3ccnc3)ccc2c1Sc1ccccc1O. The molecule has 5 heterocycles. The number of methoxy groups -OCH3 is 3. The molecule has 29 heteroatoms. The maximum atomic E-state index is 14.2. The van der Waals surface area contributed by atoms with Crippen molar-refractivity contribution in [2.24, 2.45) is 11.8 Å². The maximum Gasteiger partial charge on any atom is 0.347 e. The van der Waals surface area contributed by atoms with Crippen molar-refractivity contribution in [1.82, 2.24) is 34.4 Å². The number of aromatic amines is 1. The Kier molecular flexibility index (Phi) is 35.8. The number of phenolic OH excluding ortho intramolecular Hbond substituents is 1. The molecule has 1 fully saturated rings. The second-order valence-corrected chi connectivity index (χ2v) is 40.4. The summed E-state index contributed by atoms with van der Waals surface area (Å²) in [4.78, 5) is 88.3. The highest BCUT2D eigenvalue weighted by Crippen LogP contribution is 2.50. The molecule has 1 saturated heterocycles. The van der Waals surface area contributed by atoms with Crippen LogP contribution in [0.15, 0.2) is 332 Å². The van der Waals surface area contributed by atoms with Crippen LogP contribution in [0.1, 0.15) is 130 Å². The second-order valence-electron chi connectivity index (χ2n) is 36.2. The number of hydrogen-bond acceptors (Lipinski definition) is 19. The Morgan fingerprint density at radius 1 is 0.596 bits per heavy atom. The van der Waals surface area contributed by atoms with Crippen molar-refractivity contribution in [2.75, 3.05) is 66.7 Å². The first kappa shape index (κ1) is 105. The number of fused-ring (bicyclic) bond motifs is 5. The molecule has 1 unspecified atom stereocenters. The van der Waals surface area contributed by atoms with Gasteiger partial charge in [-0.05, 0) is 159 Å². The van der Waals surface area contributed by atoms with Crippen LogP contribution in [0.5, 0.6) is 40.2 Å². The number of unbranched alkanes of at least 4 members (excludes halogenated alkanes) is 2. The molecule has 13 aromatic carbocycles. The molecule has 0 spiro atoms. The zero-order chi connectivity index (χ0) is 103. The van der Waals surface area contributed by atoms with E-state index in [2.05, 4.69) is 74.0 Å². The van der Waals surface area contributed by atoms with Gasteiger partial charge >= 0.3 is 23.9 Å². The van der Waals surface area contributed by atoms with E-state index in [0.717, 1.165) is 105 Å². The molecule has 3 aromatic heterocycles. The van der Waals surface area contributed by atoms with Crippen LogP contribution in [0.3, 0.4) is 0 Å². The van der Waals surface area contributed by atoms with E-state index in [9.17, 15) is 62.7 Å². The number of carboxylic acids is 4. The molecule has 26 nitrogen and oxygen atoms in total. The number of amides is 2. The van der Waals surface area contributed by atoms with Crippen molar-refractivity contribution < 1.29 is 91.1 Å². The number of aromatic carboxylic acids is 1. The number of para-hydroxylation sites is 3. The first-order chi connectivity index (χ1) is 70.8. The number of aliphatic carboxylic acids is 3. The molecule has 0 bridgehead atoms. The molecule has 0 aliphatic carbocycles. The van der Waals surface area contributed by atoms with Gasteiger partial charge in [0.05, 0.1) is 56.7 Å². The van der Waals surface area contributed by atoms with Crippen LogP contribution in [0.4, 0.5) is 0 Å². The number of rotatable bonds is 41. The Morgan fingerprint density at radius 2 is 1.21 bits per heavy atom. The lowest BCUT2D eigenvalue weighted by Gasteiger charge is -2.30. The number of aromatic hydroxyl groups is 1. The molecule has 18 rings (SSSR count). The fraction of sp³-hybridized carbons (Fsp3) is 0.256. The van der Waals surface area contributed by atoms with Gasteiger partial charge in [-0.15, -0.1) is 11.3 Å². The molecule has 16 aromatic rings. The number of phenols is 1. The van der Waals surface area contributed by atoms with E-state index in [-0.39, 0.29) is 60.3 Å². The van der Waals surface area contributed by atoms with Crippen LogP contribution in [-0.2, 0) is 72.6 Å². The number of benzene rings is 13. The number of carboxylic acid groups (broad SMARTS) is 4. The van der Waals surface area contributed by atoms with Crippen molar-refractivity contribution in [1.29, 1.82) is 0 Å². The van der Waals surface area contributed by atoms with Gasteiger partial charge in [0.1, 0.15) is 22.2 Å². The number of thiophene rings is 1. The minimum atomic E-state index is -3.43. The molecule has 0 radical (unpaired) electrons. The van der Waals surface area contributed by atoms with E-state index in [1.165, 1.54) is 23.1 Å². The molecule has 2 aliphatic heterocycles. The number of sulfonamides is 1. The van der Waals surface area contributed by atoms with Gasteiger partial charge in [-0.3, -0.25) is 19.3 Å². The third-order valence-electron chi connectivity index (χ3n) is 26.4. The van der Waals surface area contributed by atoms with E-state index in [1.54, 1.807) is 87.5 Å². The second kappa shape index (κ2) is 49.8. The van der Waals surface area contributed by atoms with E-state index >= 15 is 0 Å². The fourth-order valence-electron chi connectivity index (χ4n) is 19.0. The Balaban J connectivity index is 0.000000148. The average molecular weight is 2020 g/mol. The minimum absolute atomic E-state index is 0.0369. The number of likely N-dealkylation sites (tertiary alicyclic amines) is 1. The molecule has 754 valence electrons. The van der Waals surface area contributed by atoms with Crippen LogP contribution < -0.4 is 39.1 Å². The zero-order valence-electron chi connectivity index (χ0n) is 82.0.